The Kier molecular flexibility index (Phi) is 7.12. The van der Waals surface area contributed by atoms with Crippen molar-refractivity contribution in [1.29, 1.82) is 0 Å². The van der Waals surface area contributed by atoms with Crippen LogP contribution in [0.4, 0.5) is 4.39 Å². The number of likely N-dealkylation sites (tertiary alicyclic amines) is 1. The number of benzene rings is 1. The van der Waals surface area contributed by atoms with Crippen molar-refractivity contribution in [2.75, 3.05) is 13.1 Å². The Morgan fingerprint density at radius 2 is 2.05 bits per heavy atom. The Morgan fingerprint density at radius 3 is 2.67 bits per heavy atom. The zero-order valence-corrected chi connectivity index (χ0v) is 13.2. The third-order valence-electron chi connectivity index (χ3n) is 4.11. The van der Waals surface area contributed by atoms with Crippen LogP contribution in [0.25, 0.3) is 0 Å². The molecule has 0 aromatic heterocycles. The standard InChI is InChI=1S/C16H23FN2O.ClH/c1-12-8-9-19(15(10-12)11-18)16(20)7-4-13-2-5-14(17)6-3-13;/h2-3,5-6,12,15H,4,7-11,18H2,1H3;1H. The van der Waals surface area contributed by atoms with E-state index in [-0.39, 0.29) is 30.2 Å². The molecule has 0 bridgehead atoms. The molecule has 3 nitrogen and oxygen atoms in total. The number of hydrogen-bond donors (Lipinski definition) is 1. The number of hydrogen-bond acceptors (Lipinski definition) is 2. The largest absolute Gasteiger partial charge is 0.338 e. The summed E-state index contributed by atoms with van der Waals surface area (Å²) in [5, 5.41) is 0. The third kappa shape index (κ3) is 4.97. The smallest absolute Gasteiger partial charge is 0.223 e. The van der Waals surface area contributed by atoms with Crippen LogP contribution in [0.5, 0.6) is 0 Å². The molecule has 1 aromatic carbocycles. The number of amides is 1. The van der Waals surface area contributed by atoms with Gasteiger partial charge in [0.15, 0.2) is 0 Å². The van der Waals surface area contributed by atoms with Crippen molar-refractivity contribution >= 4 is 18.3 Å². The lowest BCUT2D eigenvalue weighted by Gasteiger charge is -2.38. The Labute approximate surface area is 132 Å². The van der Waals surface area contributed by atoms with Gasteiger partial charge in [-0.25, -0.2) is 4.39 Å². The second-order valence-electron chi connectivity index (χ2n) is 5.73. The topological polar surface area (TPSA) is 46.3 Å². The summed E-state index contributed by atoms with van der Waals surface area (Å²) in [7, 11) is 0. The number of carbonyl (C=O) groups excluding carboxylic acids is 1. The van der Waals surface area contributed by atoms with Crippen molar-refractivity contribution in [3.8, 4) is 0 Å². The van der Waals surface area contributed by atoms with E-state index in [0.29, 0.717) is 25.3 Å². The first-order valence-corrected chi connectivity index (χ1v) is 7.34. The van der Waals surface area contributed by atoms with Crippen molar-refractivity contribution in [1.82, 2.24) is 4.90 Å². The summed E-state index contributed by atoms with van der Waals surface area (Å²) in [5.74, 6) is 0.565. The SMILES string of the molecule is CC1CCN(C(=O)CCc2ccc(F)cc2)C(CN)C1.Cl. The van der Waals surface area contributed by atoms with E-state index in [1.807, 2.05) is 4.90 Å². The Morgan fingerprint density at radius 1 is 1.38 bits per heavy atom. The number of nitrogens with zero attached hydrogens (tertiary/aromatic N) is 1. The molecule has 2 unspecified atom stereocenters. The van der Waals surface area contributed by atoms with Gasteiger partial charge in [0, 0.05) is 25.6 Å². The molecule has 1 heterocycles. The molecular weight excluding hydrogens is 291 g/mol. The molecule has 0 aliphatic carbocycles. The second kappa shape index (κ2) is 8.35. The van der Waals surface area contributed by atoms with Crippen LogP contribution in [-0.2, 0) is 11.2 Å². The maximum absolute atomic E-state index is 12.8. The minimum absolute atomic E-state index is 0. The van der Waals surface area contributed by atoms with E-state index in [2.05, 4.69) is 6.92 Å². The lowest BCUT2D eigenvalue weighted by molar-refractivity contribution is -0.135. The first-order chi connectivity index (χ1) is 9.60. The molecule has 2 atom stereocenters. The lowest BCUT2D eigenvalue weighted by Crippen LogP contribution is -2.49. The molecule has 5 heteroatoms. The molecule has 1 aliphatic rings. The average molecular weight is 315 g/mol. The minimum Gasteiger partial charge on any atom is -0.338 e. The van der Waals surface area contributed by atoms with E-state index in [0.717, 1.165) is 24.9 Å². The molecule has 2 rings (SSSR count). The molecule has 0 radical (unpaired) electrons. The molecular formula is C16H24ClFN2O. The zero-order valence-electron chi connectivity index (χ0n) is 12.4. The summed E-state index contributed by atoms with van der Waals surface area (Å²) in [6.45, 7) is 3.56. The molecule has 1 fully saturated rings. The highest BCUT2D eigenvalue weighted by Gasteiger charge is 2.28. The summed E-state index contributed by atoms with van der Waals surface area (Å²) in [6, 6.07) is 6.53. The van der Waals surface area contributed by atoms with E-state index in [1.54, 1.807) is 12.1 Å². The van der Waals surface area contributed by atoms with Gasteiger partial charge in [0.2, 0.25) is 5.91 Å². The van der Waals surface area contributed by atoms with Crippen molar-refractivity contribution in [3.63, 3.8) is 0 Å². The van der Waals surface area contributed by atoms with Crippen LogP contribution < -0.4 is 5.73 Å². The van der Waals surface area contributed by atoms with Crippen LogP contribution in [-0.4, -0.2) is 29.9 Å². The van der Waals surface area contributed by atoms with E-state index in [9.17, 15) is 9.18 Å². The Bertz CT molecular complexity index is 452. The Balaban J connectivity index is 0.00000220. The van der Waals surface area contributed by atoms with Gasteiger partial charge in [-0.3, -0.25) is 4.79 Å². The van der Waals surface area contributed by atoms with Gasteiger partial charge in [0.25, 0.3) is 0 Å². The molecule has 2 N–H and O–H groups in total. The molecule has 0 saturated carbocycles. The van der Waals surface area contributed by atoms with Gasteiger partial charge >= 0.3 is 0 Å². The summed E-state index contributed by atoms with van der Waals surface area (Å²) >= 11 is 0. The number of piperidine rings is 1. The van der Waals surface area contributed by atoms with E-state index in [1.165, 1.54) is 12.1 Å². The van der Waals surface area contributed by atoms with Gasteiger partial charge in [-0.05, 0) is 42.9 Å². The predicted octanol–water partition coefficient (Wildman–Crippen LogP) is 2.77. The van der Waals surface area contributed by atoms with Crippen LogP contribution in [0.3, 0.4) is 0 Å². The monoisotopic (exact) mass is 314 g/mol. The van der Waals surface area contributed by atoms with Crippen LogP contribution in [0, 0.1) is 11.7 Å². The summed E-state index contributed by atoms with van der Waals surface area (Å²) in [6.07, 6.45) is 3.18. The number of nitrogens with two attached hydrogens (primary N) is 1. The van der Waals surface area contributed by atoms with Crippen molar-refractivity contribution in [2.45, 2.75) is 38.6 Å². The number of rotatable bonds is 4. The molecule has 1 aromatic rings. The van der Waals surface area contributed by atoms with E-state index < -0.39 is 0 Å². The average Bonchev–Trinajstić information content (AvgIpc) is 2.46. The molecule has 1 amide bonds. The van der Waals surface area contributed by atoms with Gasteiger partial charge in [-0.15, -0.1) is 12.4 Å². The van der Waals surface area contributed by atoms with Crippen LogP contribution in [0.1, 0.15) is 31.7 Å². The third-order valence-corrected chi connectivity index (χ3v) is 4.11. The van der Waals surface area contributed by atoms with E-state index in [4.69, 9.17) is 5.73 Å². The van der Waals surface area contributed by atoms with E-state index >= 15 is 0 Å². The first kappa shape index (κ1) is 17.9. The zero-order chi connectivity index (χ0) is 14.5. The molecule has 1 aliphatic heterocycles. The fourth-order valence-corrected chi connectivity index (χ4v) is 2.85. The maximum Gasteiger partial charge on any atom is 0.223 e. The summed E-state index contributed by atoms with van der Waals surface area (Å²) in [5.41, 5.74) is 6.78. The highest BCUT2D eigenvalue weighted by Crippen LogP contribution is 2.22. The fraction of sp³-hybridized carbons (Fsp3) is 0.562. The van der Waals surface area contributed by atoms with Crippen molar-refractivity contribution < 1.29 is 9.18 Å². The number of aryl methyl sites for hydroxylation is 1. The fourth-order valence-electron chi connectivity index (χ4n) is 2.85. The van der Waals surface area contributed by atoms with Gasteiger partial charge < -0.3 is 10.6 Å². The molecule has 21 heavy (non-hydrogen) atoms. The Hall–Kier alpha value is -1.13. The normalized spacial score (nSPS) is 21.8. The summed E-state index contributed by atoms with van der Waals surface area (Å²) < 4.78 is 12.8. The first-order valence-electron chi connectivity index (χ1n) is 7.34. The van der Waals surface area contributed by atoms with Gasteiger partial charge in [-0.2, -0.15) is 0 Å². The van der Waals surface area contributed by atoms with Crippen molar-refractivity contribution in [3.05, 3.63) is 35.6 Å². The molecule has 1 saturated heterocycles. The molecule has 118 valence electrons. The lowest BCUT2D eigenvalue weighted by atomic mass is 9.92. The molecule has 0 spiro atoms. The number of carbonyl (C=O) groups is 1. The van der Waals surface area contributed by atoms with Gasteiger partial charge in [0.1, 0.15) is 5.82 Å². The highest BCUT2D eigenvalue weighted by molar-refractivity contribution is 5.85. The van der Waals surface area contributed by atoms with Crippen LogP contribution in [0.2, 0.25) is 0 Å². The van der Waals surface area contributed by atoms with Crippen molar-refractivity contribution in [2.24, 2.45) is 11.7 Å². The van der Waals surface area contributed by atoms with Crippen LogP contribution >= 0.6 is 12.4 Å². The summed E-state index contributed by atoms with van der Waals surface area (Å²) in [4.78, 5) is 14.2. The predicted molar refractivity (Wildman–Crippen MR) is 84.9 cm³/mol. The second-order valence-corrected chi connectivity index (χ2v) is 5.73. The number of halogens is 2. The quantitative estimate of drug-likeness (QED) is 0.929. The highest BCUT2D eigenvalue weighted by atomic mass is 35.5. The van der Waals surface area contributed by atoms with Gasteiger partial charge in [0.05, 0.1) is 0 Å². The maximum atomic E-state index is 12.8. The van der Waals surface area contributed by atoms with Gasteiger partial charge in [-0.1, -0.05) is 19.1 Å². The van der Waals surface area contributed by atoms with Crippen LogP contribution in [0.15, 0.2) is 24.3 Å². The minimum atomic E-state index is -0.242.